The Hall–Kier alpha value is -2.30. The number of hydrogen-bond donors (Lipinski definition) is 2. The van der Waals surface area contributed by atoms with Crippen LogP contribution in [0.5, 0.6) is 0 Å². The second-order valence-corrected chi connectivity index (χ2v) is 5.30. The molecule has 2 aliphatic rings. The van der Waals surface area contributed by atoms with Crippen molar-refractivity contribution in [3.63, 3.8) is 0 Å². The molecule has 0 saturated carbocycles. The Morgan fingerprint density at radius 1 is 1.43 bits per heavy atom. The minimum absolute atomic E-state index is 0.0648. The van der Waals surface area contributed by atoms with Gasteiger partial charge in [-0.1, -0.05) is 24.3 Å². The summed E-state index contributed by atoms with van der Waals surface area (Å²) in [5.41, 5.74) is 1.67. The summed E-state index contributed by atoms with van der Waals surface area (Å²) < 4.78 is 5.13. The second-order valence-electron chi connectivity index (χ2n) is 5.30. The summed E-state index contributed by atoms with van der Waals surface area (Å²) in [5, 5.41) is 12.4. The van der Waals surface area contributed by atoms with E-state index >= 15 is 0 Å². The number of nitrogens with one attached hydrogen (secondary N) is 1. The fourth-order valence-corrected chi connectivity index (χ4v) is 3.26. The molecule has 3 atom stereocenters. The van der Waals surface area contributed by atoms with Crippen molar-refractivity contribution >= 4 is 17.6 Å². The van der Waals surface area contributed by atoms with Crippen LogP contribution in [0, 0.1) is 5.92 Å². The number of allylic oxidation sites excluding steroid dienone is 2. The molecule has 1 heterocycles. The van der Waals surface area contributed by atoms with Gasteiger partial charge in [-0.2, -0.15) is 0 Å². The van der Waals surface area contributed by atoms with Crippen molar-refractivity contribution in [3.05, 3.63) is 41.5 Å². The van der Waals surface area contributed by atoms with Crippen LogP contribution in [0.4, 0.5) is 5.69 Å². The van der Waals surface area contributed by atoms with Gasteiger partial charge in [0.2, 0.25) is 0 Å². The predicted octanol–water partition coefficient (Wildman–Crippen LogP) is 2.40. The number of carbonyl (C=O) groups excluding carboxylic acids is 1. The van der Waals surface area contributed by atoms with Crippen molar-refractivity contribution in [1.29, 1.82) is 0 Å². The summed E-state index contributed by atoms with van der Waals surface area (Å²) in [6.45, 7) is 2.08. The maximum Gasteiger partial charge on any atom is 0.337 e. The number of aromatic carboxylic acids is 1. The number of benzene rings is 1. The van der Waals surface area contributed by atoms with Crippen LogP contribution >= 0.6 is 0 Å². The van der Waals surface area contributed by atoms with Crippen LogP contribution in [0.1, 0.15) is 35.2 Å². The molecule has 5 nitrogen and oxygen atoms in total. The lowest BCUT2D eigenvalue weighted by Crippen LogP contribution is -2.43. The lowest BCUT2D eigenvalue weighted by Gasteiger charge is -2.36. The zero-order chi connectivity index (χ0) is 15.0. The van der Waals surface area contributed by atoms with Gasteiger partial charge in [0.1, 0.15) is 6.04 Å². The average molecular weight is 287 g/mol. The minimum atomic E-state index is -0.998. The van der Waals surface area contributed by atoms with Crippen LogP contribution in [0.2, 0.25) is 0 Å². The number of carboxylic acid groups (broad SMARTS) is 1. The summed E-state index contributed by atoms with van der Waals surface area (Å²) in [7, 11) is 0. The van der Waals surface area contributed by atoms with Crippen molar-refractivity contribution in [1.82, 2.24) is 0 Å². The number of hydrogen-bond acceptors (Lipinski definition) is 4. The first-order chi connectivity index (χ1) is 10.1. The van der Waals surface area contributed by atoms with E-state index in [1.54, 1.807) is 19.1 Å². The Morgan fingerprint density at radius 2 is 2.24 bits per heavy atom. The molecule has 1 aliphatic carbocycles. The summed E-state index contributed by atoms with van der Waals surface area (Å²) in [6.07, 6.45) is 4.89. The second kappa shape index (κ2) is 5.24. The number of anilines is 1. The monoisotopic (exact) mass is 287 g/mol. The van der Waals surface area contributed by atoms with Crippen molar-refractivity contribution in [2.45, 2.75) is 25.3 Å². The maximum absolute atomic E-state index is 12.2. The van der Waals surface area contributed by atoms with E-state index in [-0.39, 0.29) is 23.4 Å². The first-order valence-electron chi connectivity index (χ1n) is 7.09. The molecule has 3 rings (SSSR count). The Morgan fingerprint density at radius 3 is 2.95 bits per heavy atom. The molecule has 2 N–H and O–H groups in total. The Kier molecular flexibility index (Phi) is 3.41. The first kappa shape index (κ1) is 13.7. The zero-order valence-electron chi connectivity index (χ0n) is 11.7. The normalized spacial score (nSPS) is 25.7. The summed E-state index contributed by atoms with van der Waals surface area (Å²) in [4.78, 5) is 23.6. The maximum atomic E-state index is 12.2. The topological polar surface area (TPSA) is 75.6 Å². The Balaban J connectivity index is 2.05. The number of carbonyl (C=O) groups is 2. The molecular formula is C16H17NO4. The number of esters is 1. The third kappa shape index (κ3) is 2.18. The molecule has 0 fully saturated rings. The average Bonchev–Trinajstić information content (AvgIpc) is 2.95. The Bertz CT molecular complexity index is 623. The highest BCUT2D eigenvalue weighted by molar-refractivity contribution is 5.97. The van der Waals surface area contributed by atoms with Gasteiger partial charge >= 0.3 is 11.9 Å². The van der Waals surface area contributed by atoms with Gasteiger partial charge in [0.25, 0.3) is 0 Å². The molecule has 1 aromatic carbocycles. The van der Waals surface area contributed by atoms with E-state index in [0.717, 1.165) is 12.0 Å². The number of fused-ring (bicyclic) bond motifs is 3. The fraction of sp³-hybridized carbons (Fsp3) is 0.375. The van der Waals surface area contributed by atoms with E-state index < -0.39 is 12.0 Å². The van der Waals surface area contributed by atoms with Gasteiger partial charge in [0, 0.05) is 11.8 Å². The number of rotatable bonds is 3. The quantitative estimate of drug-likeness (QED) is 0.659. The summed E-state index contributed by atoms with van der Waals surface area (Å²) in [6, 6.07) is 4.72. The fourth-order valence-electron chi connectivity index (χ4n) is 3.26. The summed E-state index contributed by atoms with van der Waals surface area (Å²) >= 11 is 0. The first-order valence-corrected chi connectivity index (χ1v) is 7.09. The van der Waals surface area contributed by atoms with Crippen molar-refractivity contribution in [2.75, 3.05) is 11.9 Å². The molecule has 5 heteroatoms. The minimum Gasteiger partial charge on any atom is -0.478 e. The molecule has 110 valence electrons. The SMILES string of the molecule is CCOC(=O)C1Nc2c(C(=O)O)cccc2C2C=CCC12. The lowest BCUT2D eigenvalue weighted by atomic mass is 9.78. The third-order valence-electron chi connectivity index (χ3n) is 4.17. The standard InChI is InChI=1S/C16H17NO4/c1-2-21-16(20)14-11-7-3-5-9(11)10-6-4-8-12(15(18)19)13(10)17-14/h3-6,8-9,11,14,17H,2,7H2,1H3,(H,18,19). The van der Waals surface area contributed by atoms with Crippen LogP contribution in [-0.4, -0.2) is 29.7 Å². The molecule has 0 amide bonds. The molecule has 0 bridgehead atoms. The van der Waals surface area contributed by atoms with Crippen LogP contribution in [0.3, 0.4) is 0 Å². The highest BCUT2D eigenvalue weighted by Crippen LogP contribution is 2.45. The molecule has 21 heavy (non-hydrogen) atoms. The van der Waals surface area contributed by atoms with Gasteiger partial charge in [-0.05, 0) is 25.0 Å². The number of ether oxygens (including phenoxy) is 1. The predicted molar refractivity (Wildman–Crippen MR) is 77.4 cm³/mol. The third-order valence-corrected chi connectivity index (χ3v) is 4.17. The van der Waals surface area contributed by atoms with E-state index in [4.69, 9.17) is 4.74 Å². The molecule has 0 aromatic heterocycles. The number of para-hydroxylation sites is 1. The van der Waals surface area contributed by atoms with Crippen molar-refractivity contribution in [2.24, 2.45) is 5.92 Å². The van der Waals surface area contributed by atoms with Gasteiger partial charge in [-0.3, -0.25) is 0 Å². The van der Waals surface area contributed by atoms with E-state index in [1.165, 1.54) is 0 Å². The molecule has 3 unspecified atom stereocenters. The largest absolute Gasteiger partial charge is 0.478 e. The summed E-state index contributed by atoms with van der Waals surface area (Å²) in [5.74, 6) is -1.17. The van der Waals surface area contributed by atoms with E-state index in [2.05, 4.69) is 11.4 Å². The van der Waals surface area contributed by atoms with Crippen LogP contribution < -0.4 is 5.32 Å². The van der Waals surface area contributed by atoms with Crippen molar-refractivity contribution in [3.8, 4) is 0 Å². The van der Waals surface area contributed by atoms with Crippen LogP contribution in [0.15, 0.2) is 30.4 Å². The smallest absolute Gasteiger partial charge is 0.337 e. The number of carboxylic acids is 1. The van der Waals surface area contributed by atoms with Crippen LogP contribution in [0.25, 0.3) is 0 Å². The van der Waals surface area contributed by atoms with Crippen molar-refractivity contribution < 1.29 is 19.4 Å². The highest BCUT2D eigenvalue weighted by Gasteiger charge is 2.42. The molecule has 0 saturated heterocycles. The highest BCUT2D eigenvalue weighted by atomic mass is 16.5. The Labute approximate surface area is 122 Å². The van der Waals surface area contributed by atoms with Crippen LogP contribution in [-0.2, 0) is 9.53 Å². The van der Waals surface area contributed by atoms with E-state index in [1.807, 2.05) is 12.1 Å². The molecule has 1 aromatic rings. The van der Waals surface area contributed by atoms with Gasteiger partial charge in [0.05, 0.1) is 17.9 Å². The molecule has 1 aliphatic heterocycles. The lowest BCUT2D eigenvalue weighted by molar-refractivity contribution is -0.145. The molecule has 0 radical (unpaired) electrons. The van der Waals surface area contributed by atoms with Gasteiger partial charge in [-0.25, -0.2) is 9.59 Å². The molecular weight excluding hydrogens is 270 g/mol. The molecule has 0 spiro atoms. The van der Waals surface area contributed by atoms with Gasteiger partial charge in [0.15, 0.2) is 0 Å². The van der Waals surface area contributed by atoms with E-state index in [9.17, 15) is 14.7 Å². The van der Waals surface area contributed by atoms with Gasteiger partial charge < -0.3 is 15.2 Å². The van der Waals surface area contributed by atoms with Gasteiger partial charge in [-0.15, -0.1) is 0 Å². The zero-order valence-corrected chi connectivity index (χ0v) is 11.7. The van der Waals surface area contributed by atoms with E-state index in [0.29, 0.717) is 12.3 Å².